The summed E-state index contributed by atoms with van der Waals surface area (Å²) in [6.45, 7) is 3.78. The molecule has 1 aromatic carbocycles. The van der Waals surface area contributed by atoms with Crippen molar-refractivity contribution in [3.8, 4) is 0 Å². The van der Waals surface area contributed by atoms with Gasteiger partial charge in [-0.2, -0.15) is 13.2 Å². The Bertz CT molecular complexity index is 644. The molecule has 132 valence electrons. The maximum absolute atomic E-state index is 12.8. The standard InChI is InChI=1S/C17H20F3NO3/c1-11(12-4-3-5-13(9-12)17(18,19)20)8-14(22)21-7-6-16(2,10-21)15(23)24/h3-5,9,11H,6-8,10H2,1-2H3,(H,23,24)/t11-,16+/m0/s1. The van der Waals surface area contributed by atoms with E-state index in [1.807, 2.05) is 0 Å². The largest absolute Gasteiger partial charge is 0.481 e. The van der Waals surface area contributed by atoms with Crippen LogP contribution in [0.2, 0.25) is 0 Å². The summed E-state index contributed by atoms with van der Waals surface area (Å²) < 4.78 is 38.3. The van der Waals surface area contributed by atoms with Crippen molar-refractivity contribution in [3.05, 3.63) is 35.4 Å². The smallest absolute Gasteiger partial charge is 0.416 e. The highest BCUT2D eigenvalue weighted by Crippen LogP contribution is 2.33. The second-order valence-corrected chi connectivity index (χ2v) is 6.66. The molecular formula is C17H20F3NO3. The first-order chi connectivity index (χ1) is 11.0. The molecule has 7 heteroatoms. The number of hydrogen-bond donors (Lipinski definition) is 1. The lowest BCUT2D eigenvalue weighted by Crippen LogP contribution is -2.35. The number of carbonyl (C=O) groups is 2. The van der Waals surface area contributed by atoms with E-state index in [0.29, 0.717) is 18.5 Å². The first kappa shape index (κ1) is 18.3. The van der Waals surface area contributed by atoms with Gasteiger partial charge in [-0.15, -0.1) is 0 Å². The Morgan fingerprint density at radius 3 is 2.58 bits per heavy atom. The highest BCUT2D eigenvalue weighted by Gasteiger charge is 2.42. The number of carboxylic acids is 1. The van der Waals surface area contributed by atoms with E-state index >= 15 is 0 Å². The summed E-state index contributed by atoms with van der Waals surface area (Å²) in [6.07, 6.45) is -3.99. The van der Waals surface area contributed by atoms with Gasteiger partial charge >= 0.3 is 12.1 Å². The van der Waals surface area contributed by atoms with Crippen LogP contribution in [0, 0.1) is 5.41 Å². The summed E-state index contributed by atoms with van der Waals surface area (Å²) in [7, 11) is 0. The molecule has 0 aromatic heterocycles. The molecule has 1 amide bonds. The second-order valence-electron chi connectivity index (χ2n) is 6.66. The lowest BCUT2D eigenvalue weighted by Gasteiger charge is -2.22. The molecule has 4 nitrogen and oxygen atoms in total. The van der Waals surface area contributed by atoms with Crippen LogP contribution in [0.1, 0.15) is 43.7 Å². The van der Waals surface area contributed by atoms with Crippen LogP contribution < -0.4 is 0 Å². The summed E-state index contributed by atoms with van der Waals surface area (Å²) in [5.74, 6) is -1.55. The topological polar surface area (TPSA) is 57.6 Å². The Morgan fingerprint density at radius 2 is 2.04 bits per heavy atom. The van der Waals surface area contributed by atoms with Crippen LogP contribution in [-0.4, -0.2) is 35.0 Å². The van der Waals surface area contributed by atoms with Gasteiger partial charge in [-0.05, 0) is 30.9 Å². The van der Waals surface area contributed by atoms with E-state index < -0.39 is 23.1 Å². The van der Waals surface area contributed by atoms with Crippen molar-refractivity contribution in [2.75, 3.05) is 13.1 Å². The molecule has 0 saturated carbocycles. The number of amides is 1. The van der Waals surface area contributed by atoms with Gasteiger partial charge in [-0.25, -0.2) is 0 Å². The third-order valence-electron chi connectivity index (χ3n) is 4.61. The average Bonchev–Trinajstić information content (AvgIpc) is 2.90. The van der Waals surface area contributed by atoms with Crippen molar-refractivity contribution in [3.63, 3.8) is 0 Å². The molecule has 1 aromatic rings. The number of rotatable bonds is 4. The van der Waals surface area contributed by atoms with Crippen LogP contribution in [0.4, 0.5) is 13.2 Å². The fourth-order valence-electron chi connectivity index (χ4n) is 2.88. The number of carbonyl (C=O) groups excluding carboxylic acids is 1. The average molecular weight is 343 g/mol. The van der Waals surface area contributed by atoms with E-state index in [4.69, 9.17) is 0 Å². The molecule has 1 heterocycles. The maximum Gasteiger partial charge on any atom is 0.416 e. The molecule has 0 spiro atoms. The zero-order valence-corrected chi connectivity index (χ0v) is 13.6. The fraction of sp³-hybridized carbons (Fsp3) is 0.529. The number of nitrogens with zero attached hydrogens (tertiary/aromatic N) is 1. The lowest BCUT2D eigenvalue weighted by atomic mass is 9.90. The lowest BCUT2D eigenvalue weighted by molar-refractivity contribution is -0.147. The molecule has 24 heavy (non-hydrogen) atoms. The number of likely N-dealkylation sites (tertiary alicyclic amines) is 1. The summed E-state index contributed by atoms with van der Waals surface area (Å²) in [6, 6.07) is 4.95. The van der Waals surface area contributed by atoms with Crippen LogP contribution in [0.5, 0.6) is 0 Å². The molecule has 1 aliphatic rings. The summed E-state index contributed by atoms with van der Waals surface area (Å²) in [4.78, 5) is 25.0. The van der Waals surface area contributed by atoms with E-state index in [2.05, 4.69) is 0 Å². The van der Waals surface area contributed by atoms with Crippen LogP contribution in [0.3, 0.4) is 0 Å². The number of carboxylic acid groups (broad SMARTS) is 1. The van der Waals surface area contributed by atoms with Crippen LogP contribution in [-0.2, 0) is 15.8 Å². The molecule has 0 bridgehead atoms. The minimum Gasteiger partial charge on any atom is -0.481 e. The van der Waals surface area contributed by atoms with Gasteiger partial charge in [-0.3, -0.25) is 9.59 Å². The summed E-state index contributed by atoms with van der Waals surface area (Å²) in [5.41, 5.74) is -1.24. The molecule has 0 aliphatic carbocycles. The Morgan fingerprint density at radius 1 is 1.38 bits per heavy atom. The van der Waals surface area contributed by atoms with Crippen molar-refractivity contribution in [2.24, 2.45) is 5.41 Å². The zero-order chi connectivity index (χ0) is 18.1. The monoisotopic (exact) mass is 343 g/mol. The predicted molar refractivity (Wildman–Crippen MR) is 81.4 cm³/mol. The first-order valence-corrected chi connectivity index (χ1v) is 7.71. The normalized spacial score (nSPS) is 22.5. The van der Waals surface area contributed by atoms with E-state index in [1.165, 1.54) is 11.0 Å². The third kappa shape index (κ3) is 3.88. The Balaban J connectivity index is 2.04. The van der Waals surface area contributed by atoms with Crippen molar-refractivity contribution >= 4 is 11.9 Å². The van der Waals surface area contributed by atoms with Crippen molar-refractivity contribution in [1.82, 2.24) is 4.90 Å². The molecule has 1 N–H and O–H groups in total. The molecule has 1 aliphatic heterocycles. The van der Waals surface area contributed by atoms with Crippen molar-refractivity contribution in [1.29, 1.82) is 0 Å². The molecular weight excluding hydrogens is 323 g/mol. The molecule has 2 rings (SSSR count). The number of hydrogen-bond acceptors (Lipinski definition) is 2. The fourth-order valence-corrected chi connectivity index (χ4v) is 2.88. The number of benzene rings is 1. The highest BCUT2D eigenvalue weighted by atomic mass is 19.4. The van der Waals surface area contributed by atoms with Crippen molar-refractivity contribution in [2.45, 2.75) is 38.8 Å². The molecule has 0 unspecified atom stereocenters. The van der Waals surface area contributed by atoms with Gasteiger partial charge in [0, 0.05) is 19.5 Å². The van der Waals surface area contributed by atoms with Crippen LogP contribution in [0.25, 0.3) is 0 Å². The Kier molecular flexibility index (Phi) is 4.92. The Labute approximate surface area is 138 Å². The molecule has 1 saturated heterocycles. The van der Waals surface area contributed by atoms with Gasteiger partial charge in [0.1, 0.15) is 0 Å². The molecule has 2 atom stereocenters. The van der Waals surface area contributed by atoms with Gasteiger partial charge in [0.05, 0.1) is 11.0 Å². The summed E-state index contributed by atoms with van der Waals surface area (Å²) >= 11 is 0. The minimum absolute atomic E-state index is 0.0526. The third-order valence-corrected chi connectivity index (χ3v) is 4.61. The highest BCUT2D eigenvalue weighted by molar-refractivity contribution is 5.81. The first-order valence-electron chi connectivity index (χ1n) is 7.71. The van der Waals surface area contributed by atoms with Crippen LogP contribution in [0.15, 0.2) is 24.3 Å². The number of halogens is 3. The van der Waals surface area contributed by atoms with E-state index in [9.17, 15) is 27.9 Å². The van der Waals surface area contributed by atoms with Gasteiger partial charge < -0.3 is 10.0 Å². The number of alkyl halides is 3. The minimum atomic E-state index is -4.42. The van der Waals surface area contributed by atoms with E-state index in [0.717, 1.165) is 12.1 Å². The van der Waals surface area contributed by atoms with Gasteiger partial charge in [0.2, 0.25) is 5.91 Å². The van der Waals surface area contributed by atoms with Gasteiger partial charge in [-0.1, -0.05) is 25.1 Å². The van der Waals surface area contributed by atoms with Gasteiger partial charge in [0.15, 0.2) is 0 Å². The SMILES string of the molecule is C[C@@H](CC(=O)N1CC[C@@](C)(C(=O)O)C1)c1cccc(C(F)(F)F)c1. The van der Waals surface area contributed by atoms with Crippen LogP contribution >= 0.6 is 0 Å². The zero-order valence-electron chi connectivity index (χ0n) is 13.6. The maximum atomic E-state index is 12.8. The summed E-state index contributed by atoms with van der Waals surface area (Å²) in [5, 5.41) is 9.19. The number of aliphatic carboxylic acids is 1. The van der Waals surface area contributed by atoms with E-state index in [-0.39, 0.29) is 24.8 Å². The molecule has 0 radical (unpaired) electrons. The second kappa shape index (κ2) is 6.45. The van der Waals surface area contributed by atoms with Crippen molar-refractivity contribution < 1.29 is 27.9 Å². The van der Waals surface area contributed by atoms with E-state index in [1.54, 1.807) is 19.9 Å². The quantitative estimate of drug-likeness (QED) is 0.910. The van der Waals surface area contributed by atoms with Gasteiger partial charge in [0.25, 0.3) is 0 Å². The Hall–Kier alpha value is -2.05. The molecule has 1 fully saturated rings. The predicted octanol–water partition coefficient (Wildman–Crippen LogP) is 3.52.